The van der Waals surface area contributed by atoms with Crippen LogP contribution in [-0.2, 0) is 17.9 Å². The van der Waals surface area contributed by atoms with Crippen molar-refractivity contribution in [3.8, 4) is 0 Å². The topological polar surface area (TPSA) is 67.2 Å². The highest BCUT2D eigenvalue weighted by molar-refractivity contribution is 7.18. The quantitative estimate of drug-likeness (QED) is 0.641. The highest BCUT2D eigenvalue weighted by atomic mass is 32.1. The highest BCUT2D eigenvalue weighted by Crippen LogP contribution is 2.28. The number of anilines is 1. The summed E-state index contributed by atoms with van der Waals surface area (Å²) >= 11 is 1.53. The van der Waals surface area contributed by atoms with Crippen molar-refractivity contribution in [1.82, 2.24) is 14.5 Å². The molecule has 0 aliphatic carbocycles. The minimum atomic E-state index is -0.223. The van der Waals surface area contributed by atoms with Crippen LogP contribution in [0.4, 0.5) is 5.69 Å². The van der Waals surface area contributed by atoms with Crippen molar-refractivity contribution in [3.63, 3.8) is 0 Å². The van der Waals surface area contributed by atoms with Crippen molar-refractivity contribution >= 4 is 33.1 Å². The lowest BCUT2D eigenvalue weighted by molar-refractivity contribution is -0.116. The van der Waals surface area contributed by atoms with Gasteiger partial charge in [-0.1, -0.05) is 32.0 Å². The van der Waals surface area contributed by atoms with Crippen LogP contribution < -0.4 is 10.9 Å². The summed E-state index contributed by atoms with van der Waals surface area (Å²) in [6.45, 7) is 10.5. The molecule has 0 unspecified atom stereocenters. The van der Waals surface area contributed by atoms with Crippen LogP contribution in [0.1, 0.15) is 47.2 Å². The monoisotopic (exact) mass is 426 g/mol. The minimum absolute atomic E-state index is 0.0643. The lowest BCUT2D eigenvalue weighted by Crippen LogP contribution is -2.33. The zero-order valence-corrected chi connectivity index (χ0v) is 19.6. The third kappa shape index (κ3) is 4.32. The Kier molecular flexibility index (Phi) is 6.43. The number of carbonyl (C=O) groups is 1. The molecule has 1 amide bonds. The largest absolute Gasteiger partial charge is 0.324 e. The standard InChI is InChI=1S/C23H30N4O2S/c1-13(2)17-10-8-9-14(3)21(17)25-19(28)12-27-18(11-26(6)7)24-22-20(23(27)29)15(4)16(5)30-22/h8-10,13H,11-12H2,1-7H3,(H,25,28). The van der Waals surface area contributed by atoms with Gasteiger partial charge in [-0.05, 0) is 57.5 Å². The summed E-state index contributed by atoms with van der Waals surface area (Å²) in [6, 6.07) is 6.01. The fraction of sp³-hybridized carbons (Fsp3) is 0.435. The van der Waals surface area contributed by atoms with E-state index in [1.54, 1.807) is 0 Å². The first kappa shape index (κ1) is 22.2. The number of nitrogens with zero attached hydrogens (tertiary/aromatic N) is 3. The molecule has 0 fully saturated rings. The first-order chi connectivity index (χ1) is 14.1. The summed E-state index contributed by atoms with van der Waals surface area (Å²) < 4.78 is 1.52. The van der Waals surface area contributed by atoms with Gasteiger partial charge in [0.1, 0.15) is 17.2 Å². The molecular formula is C23H30N4O2S. The molecule has 0 aliphatic heterocycles. The van der Waals surface area contributed by atoms with E-state index in [1.165, 1.54) is 15.9 Å². The Hall–Kier alpha value is -2.51. The second-order valence-corrected chi connectivity index (χ2v) is 9.57. The molecule has 0 saturated carbocycles. The zero-order valence-electron chi connectivity index (χ0n) is 18.8. The number of hydrogen-bond acceptors (Lipinski definition) is 5. The molecule has 7 heteroatoms. The molecule has 0 saturated heterocycles. The van der Waals surface area contributed by atoms with Crippen molar-refractivity contribution in [2.24, 2.45) is 0 Å². The summed E-state index contributed by atoms with van der Waals surface area (Å²) in [7, 11) is 3.85. The number of amides is 1. The number of hydrogen-bond donors (Lipinski definition) is 1. The van der Waals surface area contributed by atoms with Gasteiger partial charge in [-0.15, -0.1) is 11.3 Å². The fourth-order valence-corrected chi connectivity index (χ4v) is 4.64. The third-order valence-electron chi connectivity index (χ3n) is 5.32. The van der Waals surface area contributed by atoms with E-state index in [-0.39, 0.29) is 23.9 Å². The molecule has 1 aromatic carbocycles. The van der Waals surface area contributed by atoms with E-state index in [2.05, 4.69) is 19.2 Å². The average molecular weight is 427 g/mol. The first-order valence-electron chi connectivity index (χ1n) is 10.1. The van der Waals surface area contributed by atoms with Crippen LogP contribution in [0, 0.1) is 20.8 Å². The highest BCUT2D eigenvalue weighted by Gasteiger charge is 2.19. The Morgan fingerprint density at radius 2 is 1.93 bits per heavy atom. The van der Waals surface area contributed by atoms with Crippen LogP contribution >= 0.6 is 11.3 Å². The molecule has 30 heavy (non-hydrogen) atoms. The maximum absolute atomic E-state index is 13.3. The maximum atomic E-state index is 13.3. The Morgan fingerprint density at radius 1 is 1.23 bits per heavy atom. The summed E-state index contributed by atoms with van der Waals surface area (Å²) in [5.41, 5.74) is 3.72. The smallest absolute Gasteiger partial charge is 0.263 e. The molecule has 2 heterocycles. The van der Waals surface area contributed by atoms with Gasteiger partial charge in [0.2, 0.25) is 5.91 Å². The number of fused-ring (bicyclic) bond motifs is 1. The van der Waals surface area contributed by atoms with Gasteiger partial charge in [-0.2, -0.15) is 0 Å². The number of nitrogens with one attached hydrogen (secondary N) is 1. The molecule has 3 rings (SSSR count). The van der Waals surface area contributed by atoms with Crippen molar-refractivity contribution < 1.29 is 4.79 Å². The number of aryl methyl sites for hydroxylation is 3. The Labute approximate surface area is 181 Å². The molecule has 1 N–H and O–H groups in total. The van der Waals surface area contributed by atoms with Gasteiger partial charge in [-0.3, -0.25) is 14.2 Å². The summed E-state index contributed by atoms with van der Waals surface area (Å²) in [6.07, 6.45) is 0. The average Bonchev–Trinajstić information content (AvgIpc) is 2.93. The predicted octanol–water partition coefficient (Wildman–Crippen LogP) is 4.21. The van der Waals surface area contributed by atoms with E-state index in [1.807, 2.05) is 58.0 Å². The van der Waals surface area contributed by atoms with Gasteiger partial charge in [0.15, 0.2) is 0 Å². The fourth-order valence-electron chi connectivity index (χ4n) is 3.60. The van der Waals surface area contributed by atoms with Crippen molar-refractivity contribution in [2.75, 3.05) is 19.4 Å². The Balaban J connectivity index is 2.03. The van der Waals surface area contributed by atoms with E-state index in [9.17, 15) is 9.59 Å². The lowest BCUT2D eigenvalue weighted by atomic mass is 9.98. The van der Waals surface area contributed by atoms with E-state index < -0.39 is 0 Å². The summed E-state index contributed by atoms with van der Waals surface area (Å²) in [5.74, 6) is 0.656. The number of rotatable bonds is 6. The van der Waals surface area contributed by atoms with Crippen molar-refractivity contribution in [3.05, 3.63) is 55.9 Å². The first-order valence-corrected chi connectivity index (χ1v) is 10.9. The molecule has 0 radical (unpaired) electrons. The molecule has 160 valence electrons. The summed E-state index contributed by atoms with van der Waals surface area (Å²) in [4.78, 5) is 34.9. The van der Waals surface area contributed by atoms with Crippen LogP contribution in [-0.4, -0.2) is 34.5 Å². The van der Waals surface area contributed by atoms with E-state index in [4.69, 9.17) is 4.98 Å². The second kappa shape index (κ2) is 8.70. The number of thiophene rings is 1. The van der Waals surface area contributed by atoms with Gasteiger partial charge in [0, 0.05) is 10.6 Å². The van der Waals surface area contributed by atoms with Gasteiger partial charge in [0.25, 0.3) is 5.56 Å². The second-order valence-electron chi connectivity index (χ2n) is 8.36. The minimum Gasteiger partial charge on any atom is -0.324 e. The van der Waals surface area contributed by atoms with Crippen LogP contribution in [0.25, 0.3) is 10.2 Å². The molecule has 6 nitrogen and oxygen atoms in total. The number of benzene rings is 1. The van der Waals surface area contributed by atoms with Gasteiger partial charge in [0.05, 0.1) is 11.9 Å². The number of carbonyl (C=O) groups excluding carboxylic acids is 1. The van der Waals surface area contributed by atoms with Crippen LogP contribution in [0.15, 0.2) is 23.0 Å². The van der Waals surface area contributed by atoms with Gasteiger partial charge >= 0.3 is 0 Å². The van der Waals surface area contributed by atoms with Crippen molar-refractivity contribution in [2.45, 2.75) is 53.6 Å². The van der Waals surface area contributed by atoms with E-state index in [0.717, 1.165) is 32.1 Å². The van der Waals surface area contributed by atoms with E-state index in [0.29, 0.717) is 17.8 Å². The van der Waals surface area contributed by atoms with Crippen LogP contribution in [0.5, 0.6) is 0 Å². The number of aromatic nitrogens is 2. The van der Waals surface area contributed by atoms with Gasteiger partial charge in [-0.25, -0.2) is 4.98 Å². The Bertz CT molecular complexity index is 1160. The molecule has 0 atom stereocenters. The zero-order chi connectivity index (χ0) is 22.2. The normalized spacial score (nSPS) is 11.6. The van der Waals surface area contributed by atoms with Gasteiger partial charge < -0.3 is 10.2 Å². The molecule has 0 spiro atoms. The van der Waals surface area contributed by atoms with Crippen LogP contribution in [0.3, 0.4) is 0 Å². The lowest BCUT2D eigenvalue weighted by Gasteiger charge is -2.18. The molecule has 3 aromatic rings. The molecule has 0 bridgehead atoms. The van der Waals surface area contributed by atoms with Crippen LogP contribution in [0.2, 0.25) is 0 Å². The molecular weight excluding hydrogens is 396 g/mol. The van der Waals surface area contributed by atoms with E-state index >= 15 is 0 Å². The SMILES string of the molecule is Cc1cccc(C(C)C)c1NC(=O)Cn1c(CN(C)C)nc2sc(C)c(C)c2c1=O. The molecule has 2 aromatic heterocycles. The van der Waals surface area contributed by atoms with Crippen molar-refractivity contribution in [1.29, 1.82) is 0 Å². The Morgan fingerprint density at radius 3 is 2.57 bits per heavy atom. The summed E-state index contributed by atoms with van der Waals surface area (Å²) in [5, 5.41) is 3.66. The maximum Gasteiger partial charge on any atom is 0.263 e. The molecule has 0 aliphatic rings. The number of para-hydroxylation sites is 1. The predicted molar refractivity (Wildman–Crippen MR) is 125 cm³/mol. The third-order valence-corrected chi connectivity index (χ3v) is 6.42.